The first-order valence-electron chi connectivity index (χ1n) is 5.65. The van der Waals surface area contributed by atoms with E-state index in [1.807, 2.05) is 31.2 Å². The van der Waals surface area contributed by atoms with Gasteiger partial charge in [-0.1, -0.05) is 42.2 Å². The smallest absolute Gasteiger partial charge is 0.295 e. The largest absolute Gasteiger partial charge is 0.451 e. The van der Waals surface area contributed by atoms with E-state index in [1.54, 1.807) is 4.90 Å². The number of thioether (sulfide) groups is 1. The van der Waals surface area contributed by atoms with E-state index in [4.69, 9.17) is 16.6 Å². The maximum atomic E-state index is 12.4. The molecule has 18 heavy (non-hydrogen) atoms. The number of rotatable bonds is 1. The van der Waals surface area contributed by atoms with E-state index in [2.05, 4.69) is 0 Å². The molecule has 0 aliphatic carbocycles. The number of carbonyl (C=O) groups is 1. The normalized spacial score (nSPS) is 15.6. The van der Waals surface area contributed by atoms with Crippen molar-refractivity contribution in [3.8, 4) is 0 Å². The Hall–Kier alpha value is -1.33. The van der Waals surface area contributed by atoms with Crippen molar-refractivity contribution in [3.63, 3.8) is 0 Å². The van der Waals surface area contributed by atoms with Gasteiger partial charge in [0.05, 0.1) is 0 Å². The van der Waals surface area contributed by atoms with Crippen LogP contribution >= 0.6 is 24.0 Å². The van der Waals surface area contributed by atoms with Crippen LogP contribution in [0, 0.1) is 6.92 Å². The highest BCUT2D eigenvalue weighted by Crippen LogP contribution is 2.28. The lowest BCUT2D eigenvalue weighted by Gasteiger charge is -2.12. The number of hydrogen-bond donors (Lipinski definition) is 0. The first kappa shape index (κ1) is 11.7. The van der Waals surface area contributed by atoms with Crippen LogP contribution in [0.1, 0.15) is 16.1 Å². The van der Waals surface area contributed by atoms with Crippen LogP contribution in [0.4, 0.5) is 0 Å². The van der Waals surface area contributed by atoms with Gasteiger partial charge in [0.2, 0.25) is 0 Å². The molecule has 0 bridgehead atoms. The number of carbonyl (C=O) groups excluding carboxylic acids is 1. The molecule has 1 aromatic heterocycles. The monoisotopic (exact) mass is 277 g/mol. The maximum Gasteiger partial charge on any atom is 0.295 e. The highest BCUT2D eigenvalue weighted by Gasteiger charge is 2.29. The summed E-state index contributed by atoms with van der Waals surface area (Å²) < 4.78 is 6.30. The molecule has 0 saturated carbocycles. The standard InChI is InChI=1S/C13H11NO2S2/c1-8-9-4-2-3-5-10(9)16-11(8)12(15)14-6-7-18-13(14)17/h2-5H,6-7H2,1H3. The topological polar surface area (TPSA) is 33.5 Å². The number of furan rings is 1. The second-order valence-electron chi connectivity index (χ2n) is 4.12. The maximum absolute atomic E-state index is 12.4. The summed E-state index contributed by atoms with van der Waals surface area (Å²) in [5, 5.41) is 0.985. The molecule has 0 radical (unpaired) electrons. The molecule has 1 fully saturated rings. The summed E-state index contributed by atoms with van der Waals surface area (Å²) in [4.78, 5) is 14.0. The average molecular weight is 277 g/mol. The van der Waals surface area contributed by atoms with E-state index < -0.39 is 0 Å². The van der Waals surface area contributed by atoms with E-state index in [1.165, 1.54) is 11.8 Å². The number of hydrogen-bond acceptors (Lipinski definition) is 4. The van der Waals surface area contributed by atoms with Gasteiger partial charge in [-0.15, -0.1) is 0 Å². The van der Waals surface area contributed by atoms with Crippen LogP contribution in [-0.4, -0.2) is 27.4 Å². The molecule has 3 rings (SSSR count). The van der Waals surface area contributed by atoms with E-state index in [0.717, 1.165) is 22.3 Å². The third-order valence-corrected chi connectivity index (χ3v) is 4.47. The van der Waals surface area contributed by atoms with Crippen LogP contribution in [0.15, 0.2) is 28.7 Å². The van der Waals surface area contributed by atoms with Gasteiger partial charge in [0, 0.05) is 23.2 Å². The van der Waals surface area contributed by atoms with Gasteiger partial charge in [-0.2, -0.15) is 0 Å². The van der Waals surface area contributed by atoms with Crippen LogP contribution in [0.3, 0.4) is 0 Å². The summed E-state index contributed by atoms with van der Waals surface area (Å²) >= 11 is 6.70. The van der Waals surface area contributed by atoms with Crippen molar-refractivity contribution in [3.05, 3.63) is 35.6 Å². The fourth-order valence-corrected chi connectivity index (χ4v) is 3.28. The van der Waals surface area contributed by atoms with Crippen molar-refractivity contribution in [2.45, 2.75) is 6.92 Å². The molecule has 1 saturated heterocycles. The molecule has 92 valence electrons. The van der Waals surface area contributed by atoms with Crippen molar-refractivity contribution in [1.82, 2.24) is 4.90 Å². The van der Waals surface area contributed by atoms with Crippen LogP contribution in [-0.2, 0) is 0 Å². The minimum Gasteiger partial charge on any atom is -0.451 e. The van der Waals surface area contributed by atoms with E-state index in [-0.39, 0.29) is 5.91 Å². The van der Waals surface area contributed by atoms with Crippen molar-refractivity contribution in [2.24, 2.45) is 0 Å². The Bertz CT molecular complexity index is 647. The lowest BCUT2D eigenvalue weighted by Crippen LogP contribution is -2.30. The van der Waals surface area contributed by atoms with Gasteiger partial charge >= 0.3 is 0 Å². The molecule has 2 aromatic rings. The number of aryl methyl sites for hydroxylation is 1. The molecule has 2 heterocycles. The SMILES string of the molecule is Cc1c(C(=O)N2CCSC2=S)oc2ccccc12. The molecule has 0 N–H and O–H groups in total. The average Bonchev–Trinajstić information content (AvgIpc) is 2.94. The number of para-hydroxylation sites is 1. The fraction of sp³-hybridized carbons (Fsp3) is 0.231. The van der Waals surface area contributed by atoms with Crippen molar-refractivity contribution < 1.29 is 9.21 Å². The molecule has 3 nitrogen and oxygen atoms in total. The van der Waals surface area contributed by atoms with E-state index in [0.29, 0.717) is 16.6 Å². The molecule has 1 aromatic carbocycles. The first-order chi connectivity index (χ1) is 8.68. The van der Waals surface area contributed by atoms with Gasteiger partial charge in [-0.25, -0.2) is 0 Å². The Morgan fingerprint density at radius 3 is 2.89 bits per heavy atom. The van der Waals surface area contributed by atoms with E-state index >= 15 is 0 Å². The van der Waals surface area contributed by atoms with Crippen LogP contribution in [0.5, 0.6) is 0 Å². The molecular formula is C13H11NO2S2. The third-order valence-electron chi connectivity index (χ3n) is 3.04. The predicted molar refractivity (Wildman–Crippen MR) is 77.0 cm³/mol. The van der Waals surface area contributed by atoms with Gasteiger partial charge in [-0.3, -0.25) is 9.69 Å². The minimum absolute atomic E-state index is 0.126. The number of benzene rings is 1. The summed E-state index contributed by atoms with van der Waals surface area (Å²) in [6, 6.07) is 7.67. The van der Waals surface area contributed by atoms with Gasteiger partial charge < -0.3 is 4.42 Å². The Kier molecular flexibility index (Phi) is 2.87. The lowest BCUT2D eigenvalue weighted by atomic mass is 10.1. The van der Waals surface area contributed by atoms with Crippen LogP contribution in [0.25, 0.3) is 11.0 Å². The third kappa shape index (κ3) is 1.74. The molecule has 1 aliphatic rings. The highest BCUT2D eigenvalue weighted by atomic mass is 32.2. The summed E-state index contributed by atoms with van der Waals surface area (Å²) in [6.45, 7) is 2.57. The molecule has 0 atom stereocenters. The lowest BCUT2D eigenvalue weighted by molar-refractivity contribution is 0.0833. The number of nitrogens with zero attached hydrogens (tertiary/aromatic N) is 1. The first-order valence-corrected chi connectivity index (χ1v) is 7.04. The van der Waals surface area contributed by atoms with Gasteiger partial charge in [-0.05, 0) is 13.0 Å². The van der Waals surface area contributed by atoms with Gasteiger partial charge in [0.1, 0.15) is 9.90 Å². The van der Waals surface area contributed by atoms with Crippen molar-refractivity contribution in [1.29, 1.82) is 0 Å². The zero-order valence-electron chi connectivity index (χ0n) is 9.80. The fourth-order valence-electron chi connectivity index (χ4n) is 2.08. The van der Waals surface area contributed by atoms with Gasteiger partial charge in [0.15, 0.2) is 5.76 Å². The minimum atomic E-state index is -0.126. The molecule has 0 unspecified atom stereocenters. The summed E-state index contributed by atoms with van der Waals surface area (Å²) in [7, 11) is 0. The Balaban J connectivity index is 2.06. The Morgan fingerprint density at radius 2 is 2.22 bits per heavy atom. The summed E-state index contributed by atoms with van der Waals surface area (Å²) in [5.41, 5.74) is 1.63. The zero-order valence-corrected chi connectivity index (χ0v) is 11.4. The quantitative estimate of drug-likeness (QED) is 0.749. The van der Waals surface area contributed by atoms with Crippen molar-refractivity contribution in [2.75, 3.05) is 12.3 Å². The van der Waals surface area contributed by atoms with Crippen molar-refractivity contribution >= 4 is 45.2 Å². The highest BCUT2D eigenvalue weighted by molar-refractivity contribution is 8.23. The second-order valence-corrected chi connectivity index (χ2v) is 5.85. The number of fused-ring (bicyclic) bond motifs is 1. The van der Waals surface area contributed by atoms with Crippen LogP contribution < -0.4 is 0 Å². The number of thiocarbonyl (C=S) groups is 1. The Morgan fingerprint density at radius 1 is 1.44 bits per heavy atom. The molecular weight excluding hydrogens is 266 g/mol. The molecule has 1 amide bonds. The number of amides is 1. The molecule has 0 spiro atoms. The van der Waals surface area contributed by atoms with Gasteiger partial charge in [0.25, 0.3) is 5.91 Å². The molecule has 5 heteroatoms. The second kappa shape index (κ2) is 4.40. The van der Waals surface area contributed by atoms with Crippen LogP contribution in [0.2, 0.25) is 0 Å². The van der Waals surface area contributed by atoms with E-state index in [9.17, 15) is 4.79 Å². The molecule has 1 aliphatic heterocycles. The summed E-state index contributed by atoms with van der Waals surface area (Å²) in [5.74, 6) is 1.14. The Labute approximate surface area is 114 Å². The predicted octanol–water partition coefficient (Wildman–Crippen LogP) is 3.22. The zero-order chi connectivity index (χ0) is 12.7. The summed E-state index contributed by atoms with van der Waals surface area (Å²) in [6.07, 6.45) is 0.